The Hall–Kier alpha value is -0.530. The van der Waals surface area contributed by atoms with Crippen LogP contribution in [0.5, 0.6) is 0 Å². The van der Waals surface area contributed by atoms with E-state index in [9.17, 15) is 4.79 Å². The highest BCUT2D eigenvalue weighted by Gasteiger charge is 2.36. The van der Waals surface area contributed by atoms with Crippen LogP contribution in [0, 0.1) is 5.41 Å². The summed E-state index contributed by atoms with van der Waals surface area (Å²) in [7, 11) is 0. The first-order chi connectivity index (χ1) is 8.14. The maximum absolute atomic E-state index is 12.3. The molecule has 2 nitrogen and oxygen atoms in total. The molecule has 1 fully saturated rings. The van der Waals surface area contributed by atoms with Crippen molar-refractivity contribution in [3.63, 3.8) is 0 Å². The van der Waals surface area contributed by atoms with Crippen molar-refractivity contribution in [1.82, 2.24) is 4.90 Å². The van der Waals surface area contributed by atoms with Gasteiger partial charge in [-0.05, 0) is 19.3 Å². The highest BCUT2D eigenvalue weighted by atomic mass is 16.2. The summed E-state index contributed by atoms with van der Waals surface area (Å²) in [6.45, 7) is 8.54. The van der Waals surface area contributed by atoms with Crippen LogP contribution in [0.2, 0.25) is 0 Å². The van der Waals surface area contributed by atoms with Gasteiger partial charge in [0.25, 0.3) is 0 Å². The average Bonchev–Trinajstić information content (AvgIpc) is 2.26. The number of carbonyl (C=O) groups excluding carboxylic acids is 1. The van der Waals surface area contributed by atoms with Crippen LogP contribution in [0.25, 0.3) is 0 Å². The summed E-state index contributed by atoms with van der Waals surface area (Å²) >= 11 is 0. The average molecular weight is 239 g/mol. The zero-order chi connectivity index (χ0) is 12.7. The maximum atomic E-state index is 12.3. The smallest absolute Gasteiger partial charge is 0.228 e. The summed E-state index contributed by atoms with van der Waals surface area (Å²) in [5.41, 5.74) is -0.0906. The molecule has 1 heterocycles. The van der Waals surface area contributed by atoms with Crippen LogP contribution in [0.3, 0.4) is 0 Å². The van der Waals surface area contributed by atoms with Crippen LogP contribution in [0.15, 0.2) is 0 Å². The minimum atomic E-state index is -0.0906. The van der Waals surface area contributed by atoms with E-state index in [2.05, 4.69) is 20.8 Å². The first-order valence-corrected chi connectivity index (χ1v) is 7.43. The number of carbonyl (C=O) groups is 1. The number of amides is 1. The van der Waals surface area contributed by atoms with E-state index < -0.39 is 0 Å². The molecule has 1 rings (SSSR count). The first kappa shape index (κ1) is 14.5. The van der Waals surface area contributed by atoms with Gasteiger partial charge in [0, 0.05) is 18.5 Å². The highest BCUT2D eigenvalue weighted by Crippen LogP contribution is 2.32. The van der Waals surface area contributed by atoms with Crippen LogP contribution >= 0.6 is 0 Å². The van der Waals surface area contributed by atoms with Crippen molar-refractivity contribution in [3.05, 3.63) is 0 Å². The van der Waals surface area contributed by atoms with Gasteiger partial charge in [0.1, 0.15) is 0 Å². The summed E-state index contributed by atoms with van der Waals surface area (Å²) in [5, 5.41) is 0. The van der Waals surface area contributed by atoms with Crippen molar-refractivity contribution in [2.45, 2.75) is 72.1 Å². The summed E-state index contributed by atoms with van der Waals surface area (Å²) in [4.78, 5) is 14.4. The molecule has 1 amide bonds. The van der Waals surface area contributed by atoms with Crippen LogP contribution in [-0.2, 0) is 4.79 Å². The summed E-state index contributed by atoms with van der Waals surface area (Å²) < 4.78 is 0. The predicted octanol–water partition coefficient (Wildman–Crippen LogP) is 4.00. The number of likely N-dealkylation sites (tertiary alicyclic amines) is 1. The van der Waals surface area contributed by atoms with Crippen molar-refractivity contribution < 1.29 is 4.79 Å². The van der Waals surface area contributed by atoms with Gasteiger partial charge in [-0.3, -0.25) is 4.79 Å². The molecule has 0 saturated carbocycles. The molecule has 1 aliphatic rings. The lowest BCUT2D eigenvalue weighted by Crippen LogP contribution is -2.49. The second-order valence-corrected chi connectivity index (χ2v) is 5.72. The van der Waals surface area contributed by atoms with Gasteiger partial charge >= 0.3 is 0 Å². The number of rotatable bonds is 8. The lowest BCUT2D eigenvalue weighted by Gasteiger charge is -2.39. The molecule has 100 valence electrons. The maximum Gasteiger partial charge on any atom is 0.228 e. The van der Waals surface area contributed by atoms with E-state index in [1.807, 2.05) is 4.90 Å². The van der Waals surface area contributed by atoms with Crippen molar-refractivity contribution in [1.29, 1.82) is 0 Å². The molecular weight excluding hydrogens is 210 g/mol. The van der Waals surface area contributed by atoms with Gasteiger partial charge in [-0.25, -0.2) is 0 Å². The van der Waals surface area contributed by atoms with Gasteiger partial charge in [-0.2, -0.15) is 0 Å². The molecule has 0 aromatic carbocycles. The fraction of sp³-hybridized carbons (Fsp3) is 0.933. The van der Waals surface area contributed by atoms with E-state index in [0.29, 0.717) is 5.91 Å². The van der Waals surface area contributed by atoms with Gasteiger partial charge in [-0.1, -0.05) is 52.9 Å². The minimum absolute atomic E-state index is 0.0906. The molecule has 2 heteroatoms. The zero-order valence-corrected chi connectivity index (χ0v) is 11.9. The Labute approximate surface area is 107 Å². The monoisotopic (exact) mass is 239 g/mol. The summed E-state index contributed by atoms with van der Waals surface area (Å²) in [5.74, 6) is 0.404. The number of hydrogen-bond donors (Lipinski definition) is 0. The number of nitrogens with zero attached hydrogens (tertiary/aromatic N) is 1. The molecule has 1 atom stereocenters. The van der Waals surface area contributed by atoms with E-state index in [-0.39, 0.29) is 5.41 Å². The van der Waals surface area contributed by atoms with Crippen LogP contribution in [-0.4, -0.2) is 23.9 Å². The predicted molar refractivity (Wildman–Crippen MR) is 73.0 cm³/mol. The molecular formula is C15H29NO. The quantitative estimate of drug-likeness (QED) is 0.586. The Kier molecular flexibility index (Phi) is 6.01. The Bertz CT molecular complexity index is 235. The molecule has 0 aliphatic carbocycles. The second kappa shape index (κ2) is 7.03. The molecule has 0 N–H and O–H groups in total. The molecule has 1 aliphatic heterocycles. The second-order valence-electron chi connectivity index (χ2n) is 5.72. The number of hydrogen-bond acceptors (Lipinski definition) is 1. The van der Waals surface area contributed by atoms with E-state index in [4.69, 9.17) is 0 Å². The van der Waals surface area contributed by atoms with Gasteiger partial charge < -0.3 is 4.90 Å². The Morgan fingerprint density at radius 3 is 2.24 bits per heavy atom. The lowest BCUT2D eigenvalue weighted by atomic mass is 9.80. The summed E-state index contributed by atoms with van der Waals surface area (Å²) in [6.07, 6.45) is 9.70. The Morgan fingerprint density at radius 1 is 1.12 bits per heavy atom. The normalized spacial score (nSPS) is 18.6. The third kappa shape index (κ3) is 4.01. The topological polar surface area (TPSA) is 20.3 Å². The van der Waals surface area contributed by atoms with Crippen LogP contribution < -0.4 is 0 Å². The van der Waals surface area contributed by atoms with Crippen molar-refractivity contribution in [2.75, 3.05) is 13.1 Å². The molecule has 0 spiro atoms. The van der Waals surface area contributed by atoms with Gasteiger partial charge in [0.15, 0.2) is 0 Å². The molecule has 0 bridgehead atoms. The molecule has 1 unspecified atom stereocenters. The van der Waals surface area contributed by atoms with E-state index in [1.165, 1.54) is 38.5 Å². The van der Waals surface area contributed by atoms with Crippen LogP contribution in [0.4, 0.5) is 0 Å². The lowest BCUT2D eigenvalue weighted by molar-refractivity contribution is -0.145. The van der Waals surface area contributed by atoms with Gasteiger partial charge in [-0.15, -0.1) is 0 Å². The zero-order valence-electron chi connectivity index (χ0n) is 11.9. The molecule has 1 saturated heterocycles. The molecule has 0 aromatic heterocycles. The minimum Gasteiger partial charge on any atom is -0.342 e. The summed E-state index contributed by atoms with van der Waals surface area (Å²) in [6, 6.07) is 0. The third-order valence-electron chi connectivity index (χ3n) is 4.27. The van der Waals surface area contributed by atoms with Gasteiger partial charge in [0.2, 0.25) is 5.91 Å². The SMILES string of the molecule is CCCCCCCC(C)(CC)C(=O)N1CCC1. The van der Waals surface area contributed by atoms with Crippen molar-refractivity contribution >= 4 is 5.91 Å². The third-order valence-corrected chi connectivity index (χ3v) is 4.27. The van der Waals surface area contributed by atoms with Crippen LogP contribution in [0.1, 0.15) is 72.1 Å². The largest absolute Gasteiger partial charge is 0.342 e. The standard InChI is InChI=1S/C15H29NO/c1-4-6-7-8-9-11-15(3,5-2)14(17)16-12-10-13-16/h4-13H2,1-3H3. The molecule has 0 radical (unpaired) electrons. The fourth-order valence-electron chi connectivity index (χ4n) is 2.45. The van der Waals surface area contributed by atoms with Gasteiger partial charge in [0.05, 0.1) is 0 Å². The number of unbranched alkanes of at least 4 members (excludes halogenated alkanes) is 4. The van der Waals surface area contributed by atoms with E-state index in [0.717, 1.165) is 25.9 Å². The van der Waals surface area contributed by atoms with E-state index >= 15 is 0 Å². The molecule has 17 heavy (non-hydrogen) atoms. The Morgan fingerprint density at radius 2 is 1.76 bits per heavy atom. The van der Waals surface area contributed by atoms with Crippen molar-refractivity contribution in [3.8, 4) is 0 Å². The van der Waals surface area contributed by atoms with Crippen molar-refractivity contribution in [2.24, 2.45) is 5.41 Å². The van der Waals surface area contributed by atoms with E-state index in [1.54, 1.807) is 0 Å². The molecule has 0 aromatic rings. The fourth-order valence-corrected chi connectivity index (χ4v) is 2.45. The highest BCUT2D eigenvalue weighted by molar-refractivity contribution is 5.82. The Balaban J connectivity index is 2.31. The first-order valence-electron chi connectivity index (χ1n) is 7.43.